The molecule has 0 aliphatic rings. The van der Waals surface area contributed by atoms with Gasteiger partial charge in [0.25, 0.3) is 5.56 Å². The van der Waals surface area contributed by atoms with Gasteiger partial charge in [-0.2, -0.15) is 13.2 Å². The number of nitrogens with one attached hydrogen (secondary N) is 1. The molecule has 0 radical (unpaired) electrons. The Kier molecular flexibility index (Phi) is 5.07. The van der Waals surface area contributed by atoms with Crippen molar-refractivity contribution in [3.05, 3.63) is 52.2 Å². The van der Waals surface area contributed by atoms with Gasteiger partial charge in [-0.25, -0.2) is 9.37 Å². The molecule has 0 saturated carbocycles. The molecular formula is C13H10F4N2O2S. The van der Waals surface area contributed by atoms with Crippen molar-refractivity contribution < 1.29 is 22.3 Å². The summed E-state index contributed by atoms with van der Waals surface area (Å²) in [4.78, 5) is 16.7. The molecule has 0 unspecified atom stereocenters. The molecule has 0 amide bonds. The van der Waals surface area contributed by atoms with Crippen LogP contribution in [0.5, 0.6) is 5.75 Å². The summed E-state index contributed by atoms with van der Waals surface area (Å²) in [6.07, 6.45) is -4.69. The first-order valence-electron chi connectivity index (χ1n) is 6.05. The number of halogens is 4. The first-order chi connectivity index (χ1) is 10.4. The van der Waals surface area contributed by atoms with Crippen molar-refractivity contribution in [1.29, 1.82) is 0 Å². The van der Waals surface area contributed by atoms with Crippen LogP contribution in [-0.2, 0) is 6.18 Å². The highest BCUT2D eigenvalue weighted by molar-refractivity contribution is 7.99. The van der Waals surface area contributed by atoms with Crippen molar-refractivity contribution in [3.8, 4) is 5.75 Å². The molecule has 0 spiro atoms. The normalized spacial score (nSPS) is 11.5. The molecule has 9 heteroatoms. The van der Waals surface area contributed by atoms with Crippen LogP contribution in [0.2, 0.25) is 0 Å². The standard InChI is InChI=1S/C13H10F4N2O2S/c14-8-3-1-2-4-9(8)21-5-6-22-12-18-10(13(15,16)17)7-11(20)19-12/h1-4,7H,5-6H2,(H,18,19,20). The minimum Gasteiger partial charge on any atom is -0.490 e. The number of thioether (sulfide) groups is 1. The molecule has 0 bridgehead atoms. The van der Waals surface area contributed by atoms with E-state index in [1.807, 2.05) is 0 Å². The van der Waals surface area contributed by atoms with Crippen LogP contribution in [0.3, 0.4) is 0 Å². The predicted octanol–water partition coefficient (Wildman–Crippen LogP) is 3.10. The molecule has 4 nitrogen and oxygen atoms in total. The number of hydrogen-bond donors (Lipinski definition) is 1. The Morgan fingerprint density at radius 1 is 1.27 bits per heavy atom. The highest BCUT2D eigenvalue weighted by atomic mass is 32.2. The molecule has 0 aliphatic carbocycles. The molecule has 1 N–H and O–H groups in total. The highest BCUT2D eigenvalue weighted by Gasteiger charge is 2.33. The number of aromatic nitrogens is 2. The average Bonchev–Trinajstić information content (AvgIpc) is 2.44. The zero-order valence-electron chi connectivity index (χ0n) is 11.0. The lowest BCUT2D eigenvalue weighted by Crippen LogP contribution is -2.17. The van der Waals surface area contributed by atoms with Gasteiger partial charge in [-0.15, -0.1) is 0 Å². The highest BCUT2D eigenvalue weighted by Crippen LogP contribution is 2.27. The van der Waals surface area contributed by atoms with Crippen LogP contribution >= 0.6 is 11.8 Å². The van der Waals surface area contributed by atoms with Gasteiger partial charge < -0.3 is 9.72 Å². The lowest BCUT2D eigenvalue weighted by molar-refractivity contribution is -0.141. The Balaban J connectivity index is 1.94. The summed E-state index contributed by atoms with van der Waals surface area (Å²) in [5.41, 5.74) is -2.14. The monoisotopic (exact) mass is 334 g/mol. The number of ether oxygens (including phenoxy) is 1. The van der Waals surface area contributed by atoms with Crippen molar-refractivity contribution in [3.63, 3.8) is 0 Å². The second kappa shape index (κ2) is 6.82. The van der Waals surface area contributed by atoms with Gasteiger partial charge in [-0.05, 0) is 12.1 Å². The molecule has 0 atom stereocenters. The molecule has 2 aromatic rings. The van der Waals surface area contributed by atoms with Gasteiger partial charge in [0.2, 0.25) is 0 Å². The number of aromatic amines is 1. The maximum atomic E-state index is 13.3. The van der Waals surface area contributed by atoms with Crippen LogP contribution in [-0.4, -0.2) is 22.3 Å². The first kappa shape index (κ1) is 16.3. The number of H-pyrrole nitrogens is 1. The number of alkyl halides is 3. The van der Waals surface area contributed by atoms with E-state index in [0.717, 1.165) is 11.8 Å². The molecular weight excluding hydrogens is 324 g/mol. The average molecular weight is 334 g/mol. The van der Waals surface area contributed by atoms with Crippen molar-refractivity contribution in [2.45, 2.75) is 11.3 Å². The van der Waals surface area contributed by atoms with E-state index in [1.165, 1.54) is 18.2 Å². The van der Waals surface area contributed by atoms with E-state index in [-0.39, 0.29) is 23.3 Å². The van der Waals surface area contributed by atoms with Gasteiger partial charge in [0.1, 0.15) is 0 Å². The fourth-order valence-corrected chi connectivity index (χ4v) is 2.20. The lowest BCUT2D eigenvalue weighted by Gasteiger charge is -2.08. The number of hydrogen-bond acceptors (Lipinski definition) is 4. The van der Waals surface area contributed by atoms with Gasteiger partial charge in [0.15, 0.2) is 22.4 Å². The maximum absolute atomic E-state index is 13.3. The van der Waals surface area contributed by atoms with E-state index in [0.29, 0.717) is 6.07 Å². The first-order valence-corrected chi connectivity index (χ1v) is 7.03. The molecule has 22 heavy (non-hydrogen) atoms. The molecule has 1 aromatic heterocycles. The third-order valence-corrected chi connectivity index (χ3v) is 3.26. The number of benzene rings is 1. The molecule has 0 aliphatic heterocycles. The second-order valence-corrected chi connectivity index (χ2v) is 5.14. The number of nitrogens with zero attached hydrogens (tertiary/aromatic N) is 1. The summed E-state index contributed by atoms with van der Waals surface area (Å²) in [6, 6.07) is 6.16. The van der Waals surface area contributed by atoms with E-state index in [9.17, 15) is 22.4 Å². The molecule has 2 rings (SSSR count). The van der Waals surface area contributed by atoms with Crippen LogP contribution in [0.1, 0.15) is 5.69 Å². The second-order valence-electron chi connectivity index (χ2n) is 4.06. The Hall–Kier alpha value is -2.03. The summed E-state index contributed by atoms with van der Waals surface area (Å²) in [5, 5.41) is -0.169. The van der Waals surface area contributed by atoms with Gasteiger partial charge in [-0.1, -0.05) is 23.9 Å². The van der Waals surface area contributed by atoms with Crippen molar-refractivity contribution in [1.82, 2.24) is 9.97 Å². The molecule has 118 valence electrons. The smallest absolute Gasteiger partial charge is 0.433 e. The Morgan fingerprint density at radius 3 is 2.68 bits per heavy atom. The third-order valence-electron chi connectivity index (χ3n) is 2.43. The van der Waals surface area contributed by atoms with E-state index in [4.69, 9.17) is 4.74 Å². The summed E-state index contributed by atoms with van der Waals surface area (Å²) in [7, 11) is 0. The Labute approximate surface area is 126 Å². The Bertz CT molecular complexity index is 703. The van der Waals surface area contributed by atoms with Crippen LogP contribution in [0.4, 0.5) is 17.6 Å². The lowest BCUT2D eigenvalue weighted by atomic mass is 10.3. The fourth-order valence-electron chi connectivity index (χ4n) is 1.50. The topological polar surface area (TPSA) is 55.0 Å². The minimum atomic E-state index is -4.69. The van der Waals surface area contributed by atoms with E-state index < -0.39 is 23.2 Å². The Morgan fingerprint density at radius 2 is 2.00 bits per heavy atom. The number of rotatable bonds is 5. The van der Waals surface area contributed by atoms with Crippen molar-refractivity contribution in [2.75, 3.05) is 12.4 Å². The summed E-state index contributed by atoms with van der Waals surface area (Å²) in [6.45, 7) is 0.0472. The summed E-state index contributed by atoms with van der Waals surface area (Å²) >= 11 is 0.876. The van der Waals surface area contributed by atoms with Gasteiger partial charge in [-0.3, -0.25) is 4.79 Å². The zero-order chi connectivity index (χ0) is 16.2. The van der Waals surface area contributed by atoms with E-state index in [2.05, 4.69) is 9.97 Å². The van der Waals surface area contributed by atoms with Crippen LogP contribution in [0.25, 0.3) is 0 Å². The SMILES string of the molecule is O=c1cc(C(F)(F)F)nc(SCCOc2ccccc2F)[nH]1. The molecule has 0 fully saturated rings. The summed E-state index contributed by atoms with van der Waals surface area (Å²) in [5.74, 6) is -0.287. The van der Waals surface area contributed by atoms with Gasteiger partial charge >= 0.3 is 6.18 Å². The largest absolute Gasteiger partial charge is 0.490 e. The van der Waals surface area contributed by atoms with E-state index >= 15 is 0 Å². The van der Waals surface area contributed by atoms with Gasteiger partial charge in [0, 0.05) is 11.8 Å². The molecule has 1 heterocycles. The maximum Gasteiger partial charge on any atom is 0.433 e. The quantitative estimate of drug-likeness (QED) is 0.395. The fraction of sp³-hybridized carbons (Fsp3) is 0.231. The van der Waals surface area contributed by atoms with E-state index in [1.54, 1.807) is 6.07 Å². The van der Waals surface area contributed by atoms with Gasteiger partial charge in [0.05, 0.1) is 6.61 Å². The zero-order valence-corrected chi connectivity index (χ0v) is 11.8. The van der Waals surface area contributed by atoms with Crippen molar-refractivity contribution >= 4 is 11.8 Å². The number of para-hydroxylation sites is 1. The predicted molar refractivity (Wildman–Crippen MR) is 72.5 cm³/mol. The van der Waals surface area contributed by atoms with Crippen LogP contribution in [0.15, 0.2) is 40.3 Å². The third kappa shape index (κ3) is 4.48. The molecule has 1 aromatic carbocycles. The van der Waals surface area contributed by atoms with Crippen LogP contribution < -0.4 is 10.3 Å². The van der Waals surface area contributed by atoms with Crippen LogP contribution in [0, 0.1) is 5.82 Å². The van der Waals surface area contributed by atoms with Crippen molar-refractivity contribution in [2.24, 2.45) is 0 Å². The summed E-state index contributed by atoms with van der Waals surface area (Å²) < 4.78 is 55.9. The molecule has 0 saturated heterocycles. The minimum absolute atomic E-state index is 0.0472.